The number of nitrogens with zero attached hydrogens (tertiary/aromatic N) is 2. The molecule has 0 aliphatic carbocycles. The van der Waals surface area contributed by atoms with E-state index in [0.717, 1.165) is 11.2 Å². The Labute approximate surface area is 174 Å². The van der Waals surface area contributed by atoms with E-state index in [2.05, 4.69) is 9.71 Å². The van der Waals surface area contributed by atoms with Crippen LogP contribution in [-0.4, -0.2) is 30.7 Å². The van der Waals surface area contributed by atoms with Crippen molar-refractivity contribution in [3.8, 4) is 17.0 Å². The summed E-state index contributed by atoms with van der Waals surface area (Å²) in [6, 6.07) is 16.7. The van der Waals surface area contributed by atoms with Crippen molar-refractivity contribution in [2.24, 2.45) is 0 Å². The fraction of sp³-hybridized carbons (Fsp3) is 0.0909. The molecule has 4 rings (SSSR count). The van der Waals surface area contributed by atoms with Crippen LogP contribution in [0, 0.1) is 0 Å². The molecular weight excluding hydrogens is 402 g/mol. The molecular formula is C22H19N3O4S. The van der Waals surface area contributed by atoms with E-state index < -0.39 is 10.0 Å². The first-order valence-electron chi connectivity index (χ1n) is 9.13. The number of ether oxygens (including phenoxy) is 1. The first kappa shape index (κ1) is 19.7. The summed E-state index contributed by atoms with van der Waals surface area (Å²) in [6.45, 7) is 1.43. The van der Waals surface area contributed by atoms with E-state index in [1.165, 1.54) is 38.3 Å². The second-order valence-corrected chi connectivity index (χ2v) is 8.38. The van der Waals surface area contributed by atoms with Crippen molar-refractivity contribution < 1.29 is 17.9 Å². The van der Waals surface area contributed by atoms with Gasteiger partial charge < -0.3 is 9.14 Å². The van der Waals surface area contributed by atoms with E-state index in [1.54, 1.807) is 12.1 Å². The predicted octanol–water partition coefficient (Wildman–Crippen LogP) is 4.01. The van der Waals surface area contributed by atoms with Crippen molar-refractivity contribution >= 4 is 27.1 Å². The minimum absolute atomic E-state index is 0.0488. The molecule has 0 aliphatic heterocycles. The monoisotopic (exact) mass is 421 g/mol. The van der Waals surface area contributed by atoms with Crippen LogP contribution < -0.4 is 9.46 Å². The lowest BCUT2D eigenvalue weighted by Crippen LogP contribution is -2.14. The molecule has 0 spiro atoms. The Bertz CT molecular complexity index is 1310. The van der Waals surface area contributed by atoms with Gasteiger partial charge in [0.05, 0.1) is 23.4 Å². The van der Waals surface area contributed by atoms with Crippen LogP contribution in [0.2, 0.25) is 0 Å². The van der Waals surface area contributed by atoms with Gasteiger partial charge in [0.25, 0.3) is 10.0 Å². The van der Waals surface area contributed by atoms with Gasteiger partial charge in [-0.15, -0.1) is 0 Å². The van der Waals surface area contributed by atoms with Crippen LogP contribution in [0.4, 0.5) is 5.69 Å². The predicted molar refractivity (Wildman–Crippen MR) is 114 cm³/mol. The van der Waals surface area contributed by atoms with Crippen molar-refractivity contribution in [3.05, 3.63) is 78.6 Å². The smallest absolute Gasteiger partial charge is 0.262 e. The zero-order valence-corrected chi connectivity index (χ0v) is 17.2. The molecule has 1 N–H and O–H groups in total. The Morgan fingerprint density at radius 3 is 2.50 bits per heavy atom. The number of methoxy groups -OCH3 is 1. The number of sulfonamides is 1. The lowest BCUT2D eigenvalue weighted by Gasteiger charge is -2.13. The van der Waals surface area contributed by atoms with Crippen LogP contribution >= 0.6 is 0 Å². The maximum absolute atomic E-state index is 12.9. The highest BCUT2D eigenvalue weighted by molar-refractivity contribution is 7.92. The van der Waals surface area contributed by atoms with Gasteiger partial charge in [-0.2, -0.15) is 0 Å². The van der Waals surface area contributed by atoms with Crippen molar-refractivity contribution in [1.82, 2.24) is 9.38 Å². The van der Waals surface area contributed by atoms with E-state index in [-0.39, 0.29) is 10.7 Å². The first-order chi connectivity index (χ1) is 14.4. The third-order valence-electron chi connectivity index (χ3n) is 4.67. The number of hydrogen-bond acceptors (Lipinski definition) is 5. The van der Waals surface area contributed by atoms with E-state index in [4.69, 9.17) is 4.74 Å². The standard InChI is InChI=1S/C22H19N3O4S/c1-15(26)16-6-9-18(10-7-16)30(27,28)24-19-13-17(8-11-21(19)29-2)20-14-25-12-4-3-5-22(25)23-20/h3-14,24H,1-2H3. The molecule has 8 heteroatoms. The average Bonchev–Trinajstić information content (AvgIpc) is 3.18. The summed E-state index contributed by atoms with van der Waals surface area (Å²) in [4.78, 5) is 16.1. The van der Waals surface area contributed by atoms with Gasteiger partial charge in [0.2, 0.25) is 0 Å². The number of ketones is 1. The molecule has 0 fully saturated rings. The van der Waals surface area contributed by atoms with Crippen LogP contribution in [0.1, 0.15) is 17.3 Å². The molecule has 0 atom stereocenters. The molecule has 2 aromatic carbocycles. The van der Waals surface area contributed by atoms with Gasteiger partial charge in [0, 0.05) is 23.5 Å². The fourth-order valence-electron chi connectivity index (χ4n) is 3.09. The zero-order valence-electron chi connectivity index (χ0n) is 16.4. The number of Topliss-reactive ketones (excluding diaryl/α,β-unsaturated/α-hetero) is 1. The molecule has 0 unspecified atom stereocenters. The third-order valence-corrected chi connectivity index (χ3v) is 6.06. The van der Waals surface area contributed by atoms with E-state index in [0.29, 0.717) is 22.7 Å². The van der Waals surface area contributed by atoms with Crippen molar-refractivity contribution in [2.45, 2.75) is 11.8 Å². The Morgan fingerprint density at radius 2 is 1.83 bits per heavy atom. The summed E-state index contributed by atoms with van der Waals surface area (Å²) in [5.41, 5.74) is 2.97. The Balaban J connectivity index is 1.70. The molecule has 0 radical (unpaired) electrons. The van der Waals surface area contributed by atoms with Crippen molar-refractivity contribution in [1.29, 1.82) is 0 Å². The Kier molecular flexibility index (Phi) is 5.01. The van der Waals surface area contributed by atoms with Crippen LogP contribution in [-0.2, 0) is 10.0 Å². The molecule has 0 saturated carbocycles. The van der Waals surface area contributed by atoms with Gasteiger partial charge in [-0.1, -0.05) is 18.2 Å². The van der Waals surface area contributed by atoms with Gasteiger partial charge in [0.1, 0.15) is 11.4 Å². The first-order valence-corrected chi connectivity index (χ1v) is 10.6. The molecule has 0 bridgehead atoms. The highest BCUT2D eigenvalue weighted by atomic mass is 32.2. The summed E-state index contributed by atoms with van der Waals surface area (Å²) in [5, 5.41) is 0. The molecule has 0 amide bonds. The zero-order chi connectivity index (χ0) is 21.3. The van der Waals surface area contributed by atoms with Gasteiger partial charge >= 0.3 is 0 Å². The molecule has 0 aliphatic rings. The minimum Gasteiger partial charge on any atom is -0.495 e. The summed E-state index contributed by atoms with van der Waals surface area (Å²) in [6.07, 6.45) is 3.76. The van der Waals surface area contributed by atoms with Crippen LogP contribution in [0.5, 0.6) is 5.75 Å². The highest BCUT2D eigenvalue weighted by Gasteiger charge is 2.18. The van der Waals surface area contributed by atoms with Crippen molar-refractivity contribution in [3.63, 3.8) is 0 Å². The molecule has 2 aromatic heterocycles. The van der Waals surface area contributed by atoms with Gasteiger partial charge in [-0.05, 0) is 49.4 Å². The summed E-state index contributed by atoms with van der Waals surface area (Å²) >= 11 is 0. The SMILES string of the molecule is COc1ccc(-c2cn3ccccc3n2)cc1NS(=O)(=O)c1ccc(C(C)=O)cc1. The van der Waals surface area contributed by atoms with Crippen LogP contribution in [0.25, 0.3) is 16.9 Å². The normalized spacial score (nSPS) is 11.4. The number of pyridine rings is 1. The average molecular weight is 421 g/mol. The number of fused-ring (bicyclic) bond motifs is 1. The van der Waals surface area contributed by atoms with Crippen LogP contribution in [0.15, 0.2) is 78.0 Å². The number of nitrogens with one attached hydrogen (secondary N) is 1. The van der Waals surface area contributed by atoms with Crippen LogP contribution in [0.3, 0.4) is 0 Å². The van der Waals surface area contributed by atoms with E-state index in [9.17, 15) is 13.2 Å². The summed E-state index contributed by atoms with van der Waals surface area (Å²) in [5.74, 6) is 0.250. The topological polar surface area (TPSA) is 89.8 Å². The number of hydrogen-bond donors (Lipinski definition) is 1. The van der Waals surface area contributed by atoms with E-state index in [1.807, 2.05) is 41.1 Å². The molecule has 7 nitrogen and oxygen atoms in total. The number of aromatic nitrogens is 2. The number of carbonyl (C=O) groups is 1. The van der Waals surface area contributed by atoms with Gasteiger partial charge in [-0.25, -0.2) is 13.4 Å². The number of carbonyl (C=O) groups excluding carboxylic acids is 1. The van der Waals surface area contributed by atoms with Gasteiger partial charge in [0.15, 0.2) is 5.78 Å². The molecule has 30 heavy (non-hydrogen) atoms. The van der Waals surface area contributed by atoms with Gasteiger partial charge in [-0.3, -0.25) is 9.52 Å². The second-order valence-electron chi connectivity index (χ2n) is 6.69. The molecule has 0 saturated heterocycles. The minimum atomic E-state index is -3.88. The molecule has 152 valence electrons. The third kappa shape index (κ3) is 3.77. The Hall–Kier alpha value is -3.65. The maximum Gasteiger partial charge on any atom is 0.262 e. The fourth-order valence-corrected chi connectivity index (χ4v) is 4.15. The summed E-state index contributed by atoms with van der Waals surface area (Å²) < 4.78 is 35.5. The number of imidazole rings is 1. The highest BCUT2D eigenvalue weighted by Crippen LogP contribution is 2.32. The second kappa shape index (κ2) is 7.64. The maximum atomic E-state index is 12.9. The molecule has 4 aromatic rings. The Morgan fingerprint density at radius 1 is 1.07 bits per heavy atom. The lowest BCUT2D eigenvalue weighted by molar-refractivity contribution is 0.101. The quantitative estimate of drug-likeness (QED) is 0.475. The number of benzene rings is 2. The van der Waals surface area contributed by atoms with E-state index >= 15 is 0 Å². The number of anilines is 1. The van der Waals surface area contributed by atoms with Crippen molar-refractivity contribution in [2.75, 3.05) is 11.8 Å². The molecule has 2 heterocycles. The lowest BCUT2D eigenvalue weighted by atomic mass is 10.1. The summed E-state index contributed by atoms with van der Waals surface area (Å²) in [7, 11) is -2.41. The number of rotatable bonds is 6. The largest absolute Gasteiger partial charge is 0.495 e.